The fraction of sp³-hybridized carbons (Fsp3) is 1.00. The minimum Gasteiger partial charge on any atom is -0.329 e. The Morgan fingerprint density at radius 2 is 2.00 bits per heavy atom. The van der Waals surface area contributed by atoms with Gasteiger partial charge in [0, 0.05) is 26.2 Å². The van der Waals surface area contributed by atoms with Crippen molar-refractivity contribution in [1.29, 1.82) is 0 Å². The second-order valence-corrected chi connectivity index (χ2v) is 5.91. The summed E-state index contributed by atoms with van der Waals surface area (Å²) in [4.78, 5) is 1.88. The standard InChI is InChI=1S/C8H17F3N4O2S/c1-14-2-3-15(7(4-12)5-14)18(16,17)13-6-8(9,10)11/h7,13H,2-6,12H2,1H3. The summed E-state index contributed by atoms with van der Waals surface area (Å²) < 4.78 is 62.1. The molecule has 0 radical (unpaired) electrons. The maximum atomic E-state index is 12.0. The molecule has 108 valence electrons. The van der Waals surface area contributed by atoms with Crippen LogP contribution in [0.15, 0.2) is 0 Å². The van der Waals surface area contributed by atoms with E-state index in [0.29, 0.717) is 13.1 Å². The van der Waals surface area contributed by atoms with Gasteiger partial charge in [0.05, 0.1) is 6.04 Å². The summed E-state index contributed by atoms with van der Waals surface area (Å²) >= 11 is 0. The number of piperazine rings is 1. The number of halogens is 3. The number of nitrogens with two attached hydrogens (primary N) is 1. The SMILES string of the molecule is CN1CCN(S(=O)(=O)NCC(F)(F)F)C(CN)C1. The molecule has 1 saturated heterocycles. The van der Waals surface area contributed by atoms with Crippen LogP contribution in [0.25, 0.3) is 0 Å². The van der Waals surface area contributed by atoms with E-state index in [1.54, 1.807) is 11.8 Å². The van der Waals surface area contributed by atoms with Gasteiger partial charge in [-0.05, 0) is 7.05 Å². The van der Waals surface area contributed by atoms with Gasteiger partial charge in [-0.3, -0.25) is 0 Å². The van der Waals surface area contributed by atoms with Gasteiger partial charge in [0.1, 0.15) is 6.54 Å². The molecule has 0 aromatic heterocycles. The zero-order chi connectivity index (χ0) is 14.0. The van der Waals surface area contributed by atoms with Crippen molar-refractivity contribution >= 4 is 10.2 Å². The van der Waals surface area contributed by atoms with Crippen molar-refractivity contribution in [3.8, 4) is 0 Å². The molecule has 1 aliphatic heterocycles. The fourth-order valence-corrected chi connectivity index (χ4v) is 3.14. The Morgan fingerprint density at radius 3 is 2.50 bits per heavy atom. The van der Waals surface area contributed by atoms with Gasteiger partial charge in [0.2, 0.25) is 0 Å². The van der Waals surface area contributed by atoms with E-state index in [1.807, 2.05) is 4.90 Å². The molecule has 1 unspecified atom stereocenters. The van der Waals surface area contributed by atoms with E-state index in [-0.39, 0.29) is 13.1 Å². The molecule has 10 heteroatoms. The third-order valence-electron chi connectivity index (χ3n) is 2.67. The first kappa shape index (κ1) is 15.6. The zero-order valence-corrected chi connectivity index (χ0v) is 10.8. The lowest BCUT2D eigenvalue weighted by Gasteiger charge is -2.38. The highest BCUT2D eigenvalue weighted by Crippen LogP contribution is 2.15. The van der Waals surface area contributed by atoms with Gasteiger partial charge < -0.3 is 10.6 Å². The normalized spacial score (nSPS) is 24.4. The van der Waals surface area contributed by atoms with Crippen LogP contribution >= 0.6 is 0 Å². The number of rotatable bonds is 4. The Hall–Kier alpha value is -0.420. The van der Waals surface area contributed by atoms with Gasteiger partial charge in [-0.1, -0.05) is 0 Å². The Morgan fingerprint density at radius 1 is 1.39 bits per heavy atom. The summed E-state index contributed by atoms with van der Waals surface area (Å²) in [6, 6.07) is -0.505. The highest BCUT2D eigenvalue weighted by atomic mass is 32.2. The number of hydrogen-bond donors (Lipinski definition) is 2. The van der Waals surface area contributed by atoms with Crippen LogP contribution < -0.4 is 10.5 Å². The number of nitrogens with zero attached hydrogens (tertiary/aromatic N) is 2. The number of likely N-dealkylation sites (N-methyl/N-ethyl adjacent to an activating group) is 1. The minimum atomic E-state index is -4.57. The van der Waals surface area contributed by atoms with Gasteiger partial charge in [-0.2, -0.15) is 30.6 Å². The van der Waals surface area contributed by atoms with Crippen LogP contribution in [0.5, 0.6) is 0 Å². The van der Waals surface area contributed by atoms with Crippen LogP contribution in [0.2, 0.25) is 0 Å². The maximum absolute atomic E-state index is 12.0. The van der Waals surface area contributed by atoms with E-state index in [4.69, 9.17) is 5.73 Å². The molecular weight excluding hydrogens is 273 g/mol. The molecule has 0 aromatic carbocycles. The van der Waals surface area contributed by atoms with Crippen molar-refractivity contribution in [3.05, 3.63) is 0 Å². The van der Waals surface area contributed by atoms with Gasteiger partial charge in [-0.15, -0.1) is 0 Å². The van der Waals surface area contributed by atoms with Crippen molar-refractivity contribution in [2.75, 3.05) is 39.8 Å². The summed E-state index contributed by atoms with van der Waals surface area (Å²) in [5.41, 5.74) is 5.45. The molecule has 3 N–H and O–H groups in total. The van der Waals surface area contributed by atoms with E-state index in [1.165, 1.54) is 0 Å². The lowest BCUT2D eigenvalue weighted by atomic mass is 10.2. The van der Waals surface area contributed by atoms with Crippen molar-refractivity contribution in [2.24, 2.45) is 5.73 Å². The second-order valence-electron chi connectivity index (χ2n) is 4.20. The highest BCUT2D eigenvalue weighted by Gasteiger charge is 2.36. The monoisotopic (exact) mass is 290 g/mol. The molecule has 1 heterocycles. The molecule has 18 heavy (non-hydrogen) atoms. The van der Waals surface area contributed by atoms with E-state index in [9.17, 15) is 21.6 Å². The third-order valence-corrected chi connectivity index (χ3v) is 4.27. The number of nitrogens with one attached hydrogen (secondary N) is 1. The van der Waals surface area contributed by atoms with E-state index < -0.39 is 29.0 Å². The zero-order valence-electron chi connectivity index (χ0n) is 9.94. The van der Waals surface area contributed by atoms with Crippen molar-refractivity contribution < 1.29 is 21.6 Å². The fourth-order valence-electron chi connectivity index (χ4n) is 1.76. The first-order valence-electron chi connectivity index (χ1n) is 5.37. The molecular formula is C8H17F3N4O2S. The summed E-state index contributed by atoms with van der Waals surface area (Å²) in [5.74, 6) is 0. The maximum Gasteiger partial charge on any atom is 0.402 e. The van der Waals surface area contributed by atoms with Crippen molar-refractivity contribution in [3.63, 3.8) is 0 Å². The molecule has 0 saturated carbocycles. The average Bonchev–Trinajstić information content (AvgIpc) is 2.25. The molecule has 6 nitrogen and oxygen atoms in total. The van der Waals surface area contributed by atoms with Crippen molar-refractivity contribution in [2.45, 2.75) is 12.2 Å². The molecule has 1 atom stereocenters. The van der Waals surface area contributed by atoms with Crippen LogP contribution in [0.3, 0.4) is 0 Å². The lowest BCUT2D eigenvalue weighted by molar-refractivity contribution is -0.121. The molecule has 0 aliphatic carbocycles. The summed E-state index contributed by atoms with van der Waals surface area (Å²) in [7, 11) is -2.34. The van der Waals surface area contributed by atoms with Gasteiger partial charge in [0.25, 0.3) is 10.2 Å². The van der Waals surface area contributed by atoms with Crippen LogP contribution in [-0.4, -0.2) is 69.6 Å². The van der Waals surface area contributed by atoms with Crippen LogP contribution in [-0.2, 0) is 10.2 Å². The first-order valence-corrected chi connectivity index (χ1v) is 6.81. The summed E-state index contributed by atoms with van der Waals surface area (Å²) in [5, 5.41) is 0. The largest absolute Gasteiger partial charge is 0.402 e. The topological polar surface area (TPSA) is 78.7 Å². The van der Waals surface area contributed by atoms with E-state index in [0.717, 1.165) is 4.31 Å². The minimum absolute atomic E-state index is 0.0667. The lowest BCUT2D eigenvalue weighted by Crippen LogP contribution is -2.59. The predicted octanol–water partition coefficient (Wildman–Crippen LogP) is -1.04. The molecule has 0 spiro atoms. The summed E-state index contributed by atoms with van der Waals surface area (Å²) in [6.07, 6.45) is -4.57. The van der Waals surface area contributed by atoms with Gasteiger partial charge >= 0.3 is 6.18 Å². The molecule has 0 aromatic rings. The predicted molar refractivity (Wildman–Crippen MR) is 60.0 cm³/mol. The third kappa shape index (κ3) is 4.35. The average molecular weight is 290 g/mol. The summed E-state index contributed by atoms with van der Waals surface area (Å²) in [6.45, 7) is -0.505. The highest BCUT2D eigenvalue weighted by molar-refractivity contribution is 7.87. The Balaban J connectivity index is 2.71. The van der Waals surface area contributed by atoms with Crippen LogP contribution in [0.1, 0.15) is 0 Å². The number of hydrogen-bond acceptors (Lipinski definition) is 4. The molecule has 0 bridgehead atoms. The molecule has 1 rings (SSSR count). The van der Waals surface area contributed by atoms with Crippen LogP contribution in [0.4, 0.5) is 13.2 Å². The Kier molecular flexibility index (Phi) is 4.95. The van der Waals surface area contributed by atoms with Gasteiger partial charge in [0.15, 0.2) is 0 Å². The Labute approximate surface area is 104 Å². The first-order chi connectivity index (χ1) is 8.15. The second kappa shape index (κ2) is 5.70. The van der Waals surface area contributed by atoms with Gasteiger partial charge in [-0.25, -0.2) is 0 Å². The van der Waals surface area contributed by atoms with E-state index >= 15 is 0 Å². The van der Waals surface area contributed by atoms with E-state index in [2.05, 4.69) is 0 Å². The number of alkyl halides is 3. The van der Waals surface area contributed by atoms with Crippen LogP contribution in [0, 0.1) is 0 Å². The smallest absolute Gasteiger partial charge is 0.329 e. The quantitative estimate of drug-likeness (QED) is 0.693. The Bertz CT molecular complexity index is 373. The molecule has 1 fully saturated rings. The molecule has 0 amide bonds. The molecule has 1 aliphatic rings. The van der Waals surface area contributed by atoms with Crippen molar-refractivity contribution in [1.82, 2.24) is 13.9 Å².